The van der Waals surface area contributed by atoms with E-state index in [-0.39, 0.29) is 5.78 Å². The molecule has 90 valence electrons. The van der Waals surface area contributed by atoms with Crippen LogP contribution < -0.4 is 5.32 Å². The van der Waals surface area contributed by atoms with Gasteiger partial charge in [0, 0.05) is 11.6 Å². The molecule has 0 radical (unpaired) electrons. The van der Waals surface area contributed by atoms with E-state index in [1.807, 2.05) is 12.1 Å². The Balaban J connectivity index is 1.59. The molecule has 0 bridgehead atoms. The van der Waals surface area contributed by atoms with Gasteiger partial charge in [0.1, 0.15) is 0 Å². The zero-order valence-electron chi connectivity index (χ0n) is 10.1. The Morgan fingerprint density at radius 2 is 1.82 bits per heavy atom. The zero-order chi connectivity index (χ0) is 11.7. The van der Waals surface area contributed by atoms with E-state index in [9.17, 15) is 4.79 Å². The molecule has 0 aliphatic heterocycles. The summed E-state index contributed by atoms with van der Waals surface area (Å²) in [5.41, 5.74) is 2.25. The number of hydrogen-bond acceptors (Lipinski definition) is 2. The summed E-state index contributed by atoms with van der Waals surface area (Å²) in [4.78, 5) is 11.9. The van der Waals surface area contributed by atoms with Gasteiger partial charge in [-0.1, -0.05) is 30.7 Å². The molecule has 2 fully saturated rings. The quantitative estimate of drug-likeness (QED) is 0.787. The third-order valence-corrected chi connectivity index (χ3v) is 3.94. The standard InChI is InChI=1S/C15H19NO/c17-15(10-16-14-8-9-14)13-6-4-12(5-7-13)11-2-1-3-11/h4-7,11,14,16H,1-3,8-10H2. The molecule has 0 spiro atoms. The van der Waals surface area contributed by atoms with Gasteiger partial charge in [-0.05, 0) is 37.2 Å². The molecule has 0 amide bonds. The number of rotatable bonds is 5. The van der Waals surface area contributed by atoms with Crippen molar-refractivity contribution in [2.75, 3.05) is 6.54 Å². The van der Waals surface area contributed by atoms with Gasteiger partial charge in [-0.2, -0.15) is 0 Å². The highest BCUT2D eigenvalue weighted by atomic mass is 16.1. The van der Waals surface area contributed by atoms with E-state index >= 15 is 0 Å². The summed E-state index contributed by atoms with van der Waals surface area (Å²) in [7, 11) is 0. The van der Waals surface area contributed by atoms with E-state index in [1.165, 1.54) is 37.7 Å². The summed E-state index contributed by atoms with van der Waals surface area (Å²) in [6, 6.07) is 8.85. The highest BCUT2D eigenvalue weighted by Crippen LogP contribution is 2.36. The Bertz CT molecular complexity index is 401. The third-order valence-electron chi connectivity index (χ3n) is 3.94. The Labute approximate surface area is 102 Å². The maximum absolute atomic E-state index is 11.9. The Hall–Kier alpha value is -1.15. The maximum atomic E-state index is 11.9. The van der Waals surface area contributed by atoms with Crippen molar-refractivity contribution >= 4 is 5.78 Å². The molecule has 2 nitrogen and oxygen atoms in total. The van der Waals surface area contributed by atoms with Crippen molar-refractivity contribution < 1.29 is 4.79 Å². The predicted octanol–water partition coefficient (Wildman–Crippen LogP) is 2.89. The van der Waals surface area contributed by atoms with Crippen molar-refractivity contribution in [1.82, 2.24) is 5.32 Å². The average molecular weight is 229 g/mol. The molecule has 0 atom stereocenters. The molecular formula is C15H19NO. The first-order valence-corrected chi connectivity index (χ1v) is 6.69. The van der Waals surface area contributed by atoms with Gasteiger partial charge in [0.2, 0.25) is 0 Å². The van der Waals surface area contributed by atoms with Crippen molar-refractivity contribution in [3.63, 3.8) is 0 Å². The van der Waals surface area contributed by atoms with E-state index in [2.05, 4.69) is 17.4 Å². The van der Waals surface area contributed by atoms with Crippen LogP contribution in [0.15, 0.2) is 24.3 Å². The number of hydrogen-bond donors (Lipinski definition) is 1. The summed E-state index contributed by atoms with van der Waals surface area (Å²) in [5.74, 6) is 0.973. The molecule has 2 saturated carbocycles. The molecule has 2 aliphatic rings. The van der Waals surface area contributed by atoms with Crippen LogP contribution in [0.2, 0.25) is 0 Å². The molecular weight excluding hydrogens is 210 g/mol. The van der Waals surface area contributed by atoms with Crippen LogP contribution in [0.1, 0.15) is 53.9 Å². The molecule has 2 aliphatic carbocycles. The zero-order valence-corrected chi connectivity index (χ0v) is 10.1. The van der Waals surface area contributed by atoms with E-state index in [0.29, 0.717) is 12.6 Å². The monoisotopic (exact) mass is 229 g/mol. The summed E-state index contributed by atoms with van der Waals surface area (Å²) in [5, 5.41) is 3.27. The Morgan fingerprint density at radius 3 is 2.35 bits per heavy atom. The van der Waals surface area contributed by atoms with E-state index in [1.54, 1.807) is 0 Å². The summed E-state index contributed by atoms with van der Waals surface area (Å²) in [6.45, 7) is 0.493. The van der Waals surface area contributed by atoms with Crippen molar-refractivity contribution in [3.05, 3.63) is 35.4 Å². The average Bonchev–Trinajstić information content (AvgIpc) is 3.08. The number of carbonyl (C=O) groups is 1. The lowest BCUT2D eigenvalue weighted by molar-refractivity contribution is 0.0990. The normalized spacial score (nSPS) is 20.0. The first-order valence-electron chi connectivity index (χ1n) is 6.69. The second-order valence-corrected chi connectivity index (χ2v) is 5.33. The fraction of sp³-hybridized carbons (Fsp3) is 0.533. The molecule has 0 aromatic heterocycles. The first kappa shape index (κ1) is 11.0. The molecule has 2 heteroatoms. The second-order valence-electron chi connectivity index (χ2n) is 5.33. The summed E-state index contributed by atoms with van der Waals surface area (Å²) >= 11 is 0. The number of carbonyl (C=O) groups excluding carboxylic acids is 1. The second kappa shape index (κ2) is 4.61. The number of benzene rings is 1. The van der Waals surface area contributed by atoms with E-state index in [0.717, 1.165) is 11.5 Å². The predicted molar refractivity (Wildman–Crippen MR) is 68.4 cm³/mol. The van der Waals surface area contributed by atoms with Crippen LogP contribution in [0.4, 0.5) is 0 Å². The summed E-state index contributed by atoms with van der Waals surface area (Å²) in [6.07, 6.45) is 6.45. The fourth-order valence-electron chi connectivity index (χ4n) is 2.31. The van der Waals surface area contributed by atoms with Crippen molar-refractivity contribution in [3.8, 4) is 0 Å². The molecule has 1 aromatic carbocycles. The lowest BCUT2D eigenvalue weighted by atomic mass is 9.80. The SMILES string of the molecule is O=C(CNC1CC1)c1ccc(C2CCC2)cc1. The maximum Gasteiger partial charge on any atom is 0.176 e. The number of Topliss-reactive ketones (excluding diaryl/α,β-unsaturated/α-hetero) is 1. The molecule has 17 heavy (non-hydrogen) atoms. The Kier molecular flexibility index (Phi) is 2.98. The van der Waals surface area contributed by atoms with Crippen LogP contribution in [0.3, 0.4) is 0 Å². The van der Waals surface area contributed by atoms with Crippen LogP contribution in [-0.2, 0) is 0 Å². The van der Waals surface area contributed by atoms with Crippen molar-refractivity contribution in [2.24, 2.45) is 0 Å². The molecule has 0 heterocycles. The smallest absolute Gasteiger partial charge is 0.176 e. The summed E-state index contributed by atoms with van der Waals surface area (Å²) < 4.78 is 0. The lowest BCUT2D eigenvalue weighted by Gasteiger charge is -2.25. The van der Waals surface area contributed by atoms with Crippen molar-refractivity contribution in [2.45, 2.75) is 44.1 Å². The minimum absolute atomic E-state index is 0.219. The van der Waals surface area contributed by atoms with Gasteiger partial charge in [0.15, 0.2) is 5.78 Å². The van der Waals surface area contributed by atoms with Gasteiger partial charge in [-0.25, -0.2) is 0 Å². The van der Waals surface area contributed by atoms with Crippen LogP contribution in [0, 0.1) is 0 Å². The number of nitrogens with one attached hydrogen (secondary N) is 1. The van der Waals surface area contributed by atoms with Gasteiger partial charge in [0.25, 0.3) is 0 Å². The highest BCUT2D eigenvalue weighted by molar-refractivity contribution is 5.97. The van der Waals surface area contributed by atoms with E-state index < -0.39 is 0 Å². The minimum atomic E-state index is 0.219. The Morgan fingerprint density at radius 1 is 1.12 bits per heavy atom. The van der Waals surface area contributed by atoms with Crippen LogP contribution in [0.25, 0.3) is 0 Å². The topological polar surface area (TPSA) is 29.1 Å². The van der Waals surface area contributed by atoms with Gasteiger partial charge < -0.3 is 5.32 Å². The largest absolute Gasteiger partial charge is 0.307 e. The van der Waals surface area contributed by atoms with Crippen molar-refractivity contribution in [1.29, 1.82) is 0 Å². The molecule has 1 N–H and O–H groups in total. The van der Waals surface area contributed by atoms with Gasteiger partial charge in [-0.15, -0.1) is 0 Å². The first-order chi connectivity index (χ1) is 8.33. The lowest BCUT2D eigenvalue weighted by Crippen LogP contribution is -2.24. The van der Waals surface area contributed by atoms with Crippen LogP contribution in [-0.4, -0.2) is 18.4 Å². The molecule has 1 aromatic rings. The van der Waals surface area contributed by atoms with E-state index in [4.69, 9.17) is 0 Å². The molecule has 0 unspecified atom stereocenters. The van der Waals surface area contributed by atoms with Gasteiger partial charge in [-0.3, -0.25) is 4.79 Å². The van der Waals surface area contributed by atoms with Gasteiger partial charge >= 0.3 is 0 Å². The van der Waals surface area contributed by atoms with Crippen LogP contribution >= 0.6 is 0 Å². The highest BCUT2D eigenvalue weighted by Gasteiger charge is 2.22. The fourth-order valence-corrected chi connectivity index (χ4v) is 2.31. The molecule has 3 rings (SSSR count). The number of ketones is 1. The van der Waals surface area contributed by atoms with Crippen LogP contribution in [0.5, 0.6) is 0 Å². The molecule has 0 saturated heterocycles. The van der Waals surface area contributed by atoms with Gasteiger partial charge in [0.05, 0.1) is 6.54 Å². The minimum Gasteiger partial charge on any atom is -0.307 e. The third kappa shape index (κ3) is 2.58.